The van der Waals surface area contributed by atoms with Crippen LogP contribution in [0.25, 0.3) is 0 Å². The number of aromatic nitrogens is 1. The molecule has 0 spiro atoms. The standard InChI is InChI=1S/C19H18ClF3N2O2/c20-16-4-3-14(19(21,22)23)10-15(16)17(12-5-7-24-8-6-12)25-9-1-2-13(11-25)18(26)27/h3-8,10,13,17H,1-2,9,11H2,(H,26,27). The molecule has 0 radical (unpaired) electrons. The first-order chi connectivity index (χ1) is 12.8. The predicted octanol–water partition coefficient (Wildman–Crippen LogP) is 4.64. The molecule has 2 heterocycles. The predicted molar refractivity (Wildman–Crippen MR) is 94.5 cm³/mol. The first kappa shape index (κ1) is 19.6. The SMILES string of the molecule is O=C(O)C1CCCN(C(c2ccncc2)c2cc(C(F)(F)F)ccc2Cl)C1. The van der Waals surface area contributed by atoms with E-state index in [4.69, 9.17) is 11.6 Å². The van der Waals surface area contributed by atoms with Crippen LogP contribution in [0.2, 0.25) is 5.02 Å². The average molecular weight is 399 g/mol. The van der Waals surface area contributed by atoms with Crippen molar-refractivity contribution in [2.75, 3.05) is 13.1 Å². The topological polar surface area (TPSA) is 53.4 Å². The second-order valence-electron chi connectivity index (χ2n) is 6.59. The Bertz CT molecular complexity index is 814. The van der Waals surface area contributed by atoms with Crippen molar-refractivity contribution in [2.24, 2.45) is 5.92 Å². The summed E-state index contributed by atoms with van der Waals surface area (Å²) in [6.45, 7) is 0.818. The van der Waals surface area contributed by atoms with Crippen LogP contribution in [0.15, 0.2) is 42.7 Å². The van der Waals surface area contributed by atoms with Crippen molar-refractivity contribution in [1.29, 1.82) is 0 Å². The van der Waals surface area contributed by atoms with Crippen LogP contribution in [0, 0.1) is 5.92 Å². The van der Waals surface area contributed by atoms with Crippen LogP contribution < -0.4 is 0 Å². The molecule has 1 aromatic heterocycles. The molecule has 2 aromatic rings. The van der Waals surface area contributed by atoms with Crippen molar-refractivity contribution < 1.29 is 23.1 Å². The summed E-state index contributed by atoms with van der Waals surface area (Å²) in [5.41, 5.74) is 0.244. The van der Waals surface area contributed by atoms with Crippen molar-refractivity contribution in [1.82, 2.24) is 9.88 Å². The number of rotatable bonds is 4. The third-order valence-corrected chi connectivity index (χ3v) is 5.15. The van der Waals surface area contributed by atoms with Gasteiger partial charge < -0.3 is 5.11 Å². The number of halogens is 4. The van der Waals surface area contributed by atoms with Crippen molar-refractivity contribution in [3.63, 3.8) is 0 Å². The average Bonchev–Trinajstić information content (AvgIpc) is 2.64. The number of hydrogen-bond donors (Lipinski definition) is 1. The number of alkyl halides is 3. The number of piperidine rings is 1. The Hall–Kier alpha value is -2.12. The number of aliphatic carboxylic acids is 1. The second kappa shape index (κ2) is 7.86. The van der Waals surface area contributed by atoms with E-state index in [9.17, 15) is 23.1 Å². The van der Waals surface area contributed by atoms with Gasteiger partial charge in [0.05, 0.1) is 17.5 Å². The summed E-state index contributed by atoms with van der Waals surface area (Å²) in [5, 5.41) is 9.58. The lowest BCUT2D eigenvalue weighted by atomic mass is 9.91. The lowest BCUT2D eigenvalue weighted by Gasteiger charge is -2.38. The molecule has 0 aliphatic carbocycles. The molecule has 27 heavy (non-hydrogen) atoms. The number of hydrogen-bond acceptors (Lipinski definition) is 3. The highest BCUT2D eigenvalue weighted by atomic mass is 35.5. The molecule has 1 fully saturated rings. The number of benzene rings is 1. The van der Waals surface area contributed by atoms with Gasteiger partial charge in [0.25, 0.3) is 0 Å². The van der Waals surface area contributed by atoms with Gasteiger partial charge in [-0.2, -0.15) is 13.2 Å². The minimum absolute atomic E-state index is 0.210. The lowest BCUT2D eigenvalue weighted by molar-refractivity contribution is -0.143. The normalized spacial score (nSPS) is 19.6. The molecular formula is C19H18ClF3N2O2. The fourth-order valence-corrected chi connectivity index (χ4v) is 3.73. The summed E-state index contributed by atoms with van der Waals surface area (Å²) in [6.07, 6.45) is -0.182. The van der Waals surface area contributed by atoms with Gasteiger partial charge in [0.1, 0.15) is 0 Å². The summed E-state index contributed by atoms with van der Waals surface area (Å²) >= 11 is 6.28. The molecule has 1 N–H and O–H groups in total. The number of pyridine rings is 1. The van der Waals surface area contributed by atoms with Gasteiger partial charge in [-0.3, -0.25) is 14.7 Å². The van der Waals surface area contributed by atoms with E-state index in [1.165, 1.54) is 6.07 Å². The highest BCUT2D eigenvalue weighted by molar-refractivity contribution is 6.31. The van der Waals surface area contributed by atoms with Gasteiger partial charge in [0.2, 0.25) is 0 Å². The monoisotopic (exact) mass is 398 g/mol. The van der Waals surface area contributed by atoms with Crippen molar-refractivity contribution in [3.05, 3.63) is 64.4 Å². The molecule has 2 atom stereocenters. The van der Waals surface area contributed by atoms with Crippen LogP contribution in [0.4, 0.5) is 13.2 Å². The molecule has 3 rings (SSSR count). The van der Waals surface area contributed by atoms with Crippen LogP contribution in [0.3, 0.4) is 0 Å². The van der Waals surface area contributed by atoms with E-state index in [0.717, 1.165) is 17.7 Å². The van der Waals surface area contributed by atoms with E-state index in [1.807, 2.05) is 4.90 Å². The molecular weight excluding hydrogens is 381 g/mol. The van der Waals surface area contributed by atoms with Gasteiger partial charge in [-0.25, -0.2) is 0 Å². The van der Waals surface area contributed by atoms with Gasteiger partial charge in [0, 0.05) is 24.0 Å². The summed E-state index contributed by atoms with van der Waals surface area (Å²) in [7, 11) is 0. The zero-order valence-electron chi connectivity index (χ0n) is 14.3. The molecule has 1 aromatic carbocycles. The van der Waals surface area contributed by atoms with E-state index in [2.05, 4.69) is 4.98 Å². The minimum atomic E-state index is -4.49. The molecule has 144 valence electrons. The quantitative estimate of drug-likeness (QED) is 0.815. The number of carbonyl (C=O) groups is 1. The van der Waals surface area contributed by atoms with E-state index in [1.54, 1.807) is 24.5 Å². The van der Waals surface area contributed by atoms with E-state index < -0.39 is 29.7 Å². The lowest BCUT2D eigenvalue weighted by Crippen LogP contribution is -2.41. The van der Waals surface area contributed by atoms with Crippen molar-refractivity contribution in [2.45, 2.75) is 25.1 Å². The Kier molecular flexibility index (Phi) is 5.72. The molecule has 1 aliphatic heterocycles. The Morgan fingerprint density at radius 2 is 1.96 bits per heavy atom. The number of likely N-dealkylation sites (tertiary alicyclic amines) is 1. The van der Waals surface area contributed by atoms with Gasteiger partial charge >= 0.3 is 12.1 Å². The van der Waals surface area contributed by atoms with Gasteiger partial charge in [0.15, 0.2) is 0 Å². The number of carboxylic acid groups (broad SMARTS) is 1. The van der Waals surface area contributed by atoms with E-state index in [0.29, 0.717) is 24.9 Å². The van der Waals surface area contributed by atoms with Crippen LogP contribution in [0.1, 0.15) is 35.6 Å². The Labute approximate surface area is 159 Å². The zero-order chi connectivity index (χ0) is 19.6. The van der Waals surface area contributed by atoms with Crippen LogP contribution in [0.5, 0.6) is 0 Å². The Morgan fingerprint density at radius 1 is 1.26 bits per heavy atom. The van der Waals surface area contributed by atoms with E-state index in [-0.39, 0.29) is 11.6 Å². The van der Waals surface area contributed by atoms with Crippen molar-refractivity contribution >= 4 is 17.6 Å². The Morgan fingerprint density at radius 3 is 2.59 bits per heavy atom. The summed E-state index contributed by atoms with van der Waals surface area (Å²) in [6, 6.07) is 6.10. The fraction of sp³-hybridized carbons (Fsp3) is 0.368. The summed E-state index contributed by atoms with van der Waals surface area (Å²) in [5.74, 6) is -1.46. The van der Waals surface area contributed by atoms with Crippen LogP contribution in [-0.2, 0) is 11.0 Å². The van der Waals surface area contributed by atoms with Gasteiger partial charge in [-0.1, -0.05) is 11.6 Å². The van der Waals surface area contributed by atoms with Gasteiger partial charge in [-0.05, 0) is 60.8 Å². The smallest absolute Gasteiger partial charge is 0.416 e. The fourth-order valence-electron chi connectivity index (χ4n) is 3.50. The Balaban J connectivity index is 2.07. The van der Waals surface area contributed by atoms with Crippen LogP contribution in [-0.4, -0.2) is 34.0 Å². The first-order valence-electron chi connectivity index (χ1n) is 8.51. The highest BCUT2D eigenvalue weighted by Gasteiger charge is 2.35. The maximum atomic E-state index is 13.2. The summed E-state index contributed by atoms with van der Waals surface area (Å²) < 4.78 is 39.7. The van der Waals surface area contributed by atoms with E-state index >= 15 is 0 Å². The minimum Gasteiger partial charge on any atom is -0.481 e. The first-order valence-corrected chi connectivity index (χ1v) is 8.88. The molecule has 0 saturated carbocycles. The highest BCUT2D eigenvalue weighted by Crippen LogP contribution is 2.39. The molecule has 0 amide bonds. The molecule has 2 unspecified atom stereocenters. The van der Waals surface area contributed by atoms with Crippen molar-refractivity contribution in [3.8, 4) is 0 Å². The third kappa shape index (κ3) is 4.42. The molecule has 8 heteroatoms. The largest absolute Gasteiger partial charge is 0.481 e. The zero-order valence-corrected chi connectivity index (χ0v) is 15.0. The molecule has 4 nitrogen and oxygen atoms in total. The molecule has 0 bridgehead atoms. The maximum Gasteiger partial charge on any atom is 0.416 e. The third-order valence-electron chi connectivity index (χ3n) is 4.81. The molecule has 1 saturated heterocycles. The molecule has 1 aliphatic rings. The van der Waals surface area contributed by atoms with Gasteiger partial charge in [-0.15, -0.1) is 0 Å². The number of nitrogens with zero attached hydrogens (tertiary/aromatic N) is 2. The van der Waals surface area contributed by atoms with Crippen LogP contribution >= 0.6 is 11.6 Å². The second-order valence-corrected chi connectivity index (χ2v) is 7.00. The maximum absolute atomic E-state index is 13.2. The number of carboxylic acids is 1. The summed E-state index contributed by atoms with van der Waals surface area (Å²) in [4.78, 5) is 17.3.